The molecule has 1 heterocycles. The molecule has 4 atom stereocenters. The Balaban J connectivity index is 1.56. The molecule has 5 rings (SSSR count). The highest BCUT2D eigenvalue weighted by molar-refractivity contribution is 7.85. The van der Waals surface area contributed by atoms with Gasteiger partial charge in [-0.3, -0.25) is 14.4 Å². The number of benzene rings is 3. The van der Waals surface area contributed by atoms with Gasteiger partial charge in [-0.2, -0.15) is 25.3 Å². The topological polar surface area (TPSA) is 154 Å². The Hall–Kier alpha value is -3.96. The molecule has 0 spiro atoms. The van der Waals surface area contributed by atoms with Crippen LogP contribution in [0.3, 0.4) is 0 Å². The van der Waals surface area contributed by atoms with Crippen molar-refractivity contribution < 1.29 is 34.1 Å². The Morgan fingerprint density at radius 2 is 1.73 bits per heavy atom. The lowest BCUT2D eigenvalue weighted by molar-refractivity contribution is -0.138. The first-order valence-corrected chi connectivity index (χ1v) is 14.0. The van der Waals surface area contributed by atoms with Gasteiger partial charge < -0.3 is 25.1 Å². The second-order valence-corrected chi connectivity index (χ2v) is 11.5. The number of thiol groups is 2. The van der Waals surface area contributed by atoms with Crippen molar-refractivity contribution in [3.8, 4) is 28.2 Å². The largest absolute Gasteiger partial charge is 0.508 e. The number of amides is 1. The van der Waals surface area contributed by atoms with E-state index in [-0.39, 0.29) is 68.1 Å². The summed E-state index contributed by atoms with van der Waals surface area (Å²) in [5, 5.41) is 32.4. The van der Waals surface area contributed by atoms with Gasteiger partial charge in [0, 0.05) is 57.2 Å². The Labute approximate surface area is 245 Å². The summed E-state index contributed by atoms with van der Waals surface area (Å²) < 4.78 is 5.87. The lowest BCUT2D eigenvalue weighted by atomic mass is 9.89. The molecule has 0 aromatic heterocycles. The van der Waals surface area contributed by atoms with Crippen LogP contribution in [0.2, 0.25) is 0 Å². The van der Waals surface area contributed by atoms with Gasteiger partial charge in [0.05, 0.1) is 5.56 Å². The summed E-state index contributed by atoms with van der Waals surface area (Å²) in [5.74, 6) is -2.59. The van der Waals surface area contributed by atoms with E-state index in [9.17, 15) is 34.5 Å². The fourth-order valence-corrected chi connectivity index (χ4v) is 6.40. The molecule has 41 heavy (non-hydrogen) atoms. The van der Waals surface area contributed by atoms with Crippen LogP contribution in [0, 0.1) is 5.92 Å². The number of aliphatic carboxylic acids is 1. The summed E-state index contributed by atoms with van der Waals surface area (Å²) in [4.78, 5) is 49.2. The molecule has 1 saturated carbocycles. The smallest absolute Gasteiger partial charge is 0.336 e. The van der Waals surface area contributed by atoms with E-state index in [0.717, 1.165) is 0 Å². The van der Waals surface area contributed by atoms with Crippen molar-refractivity contribution in [1.82, 2.24) is 5.32 Å². The van der Waals surface area contributed by atoms with Crippen LogP contribution in [0.4, 0.5) is 0 Å². The van der Waals surface area contributed by atoms with Crippen molar-refractivity contribution in [2.24, 2.45) is 5.92 Å². The molecule has 1 aliphatic heterocycles. The number of nitrogens with one attached hydrogen (secondary N) is 1. The molecular weight excluding hydrogens is 566 g/mol. The lowest BCUT2D eigenvalue weighted by Gasteiger charge is -2.23. The first kappa shape index (κ1) is 28.6. The average Bonchev–Trinajstić information content (AvgIpc) is 3.04. The maximum Gasteiger partial charge on any atom is 0.336 e. The Bertz CT molecular complexity index is 1700. The quantitative estimate of drug-likeness (QED) is 0.104. The Morgan fingerprint density at radius 1 is 0.951 bits per heavy atom. The molecule has 2 aliphatic carbocycles. The zero-order chi connectivity index (χ0) is 29.4. The zero-order valence-corrected chi connectivity index (χ0v) is 23.4. The number of carbonyl (C=O) groups excluding carboxylic acids is 1. The van der Waals surface area contributed by atoms with Crippen LogP contribution in [0.15, 0.2) is 63.8 Å². The molecule has 3 aliphatic rings. The highest BCUT2D eigenvalue weighted by atomic mass is 32.1. The lowest BCUT2D eigenvalue weighted by Crippen LogP contribution is -2.36. The van der Waals surface area contributed by atoms with Gasteiger partial charge in [-0.1, -0.05) is 0 Å². The normalized spacial score (nSPS) is 20.9. The van der Waals surface area contributed by atoms with Crippen molar-refractivity contribution in [2.45, 2.75) is 42.2 Å². The summed E-state index contributed by atoms with van der Waals surface area (Å²) in [7, 11) is 0. The maximum atomic E-state index is 13.5. The predicted molar refractivity (Wildman–Crippen MR) is 160 cm³/mol. The third-order valence-corrected chi connectivity index (χ3v) is 9.07. The number of phenols is 1. The van der Waals surface area contributed by atoms with Gasteiger partial charge in [0.25, 0.3) is 5.91 Å². The summed E-state index contributed by atoms with van der Waals surface area (Å²) in [6, 6.07) is 12.6. The standard InChI is InChI=1S/C30H27NO8S2/c32-17-4-7-20-23(12-17)39-24-13-18(33)5-8-21(24)27(20)22-9-15(2-6-19(22)30(37)38)29(36)31-16-3-1-14(10-26(34)35)28(41)25(40)11-16/h2,4-9,12-14,16,25,28,32,40-41H,1,3,10-11H2,(H,31,36)(H,34,35)(H,37,38). The second-order valence-electron chi connectivity index (χ2n) is 10.3. The molecule has 4 unspecified atom stereocenters. The monoisotopic (exact) mass is 593 g/mol. The van der Waals surface area contributed by atoms with Gasteiger partial charge in [-0.05, 0) is 73.2 Å². The minimum absolute atomic E-state index is 0.0250. The van der Waals surface area contributed by atoms with Crippen LogP contribution in [0.5, 0.6) is 5.75 Å². The Morgan fingerprint density at radius 3 is 2.46 bits per heavy atom. The second kappa shape index (κ2) is 11.5. The number of carboxylic acid groups (broad SMARTS) is 2. The highest BCUT2D eigenvalue weighted by Crippen LogP contribution is 2.42. The van der Waals surface area contributed by atoms with Crippen molar-refractivity contribution in [2.75, 3.05) is 0 Å². The molecular formula is C30H27NO8S2. The van der Waals surface area contributed by atoms with E-state index in [2.05, 4.69) is 30.6 Å². The molecule has 11 heteroatoms. The summed E-state index contributed by atoms with van der Waals surface area (Å²) in [5.41, 5.74) is 1.23. The minimum atomic E-state index is -1.21. The minimum Gasteiger partial charge on any atom is -0.508 e. The van der Waals surface area contributed by atoms with Crippen LogP contribution >= 0.6 is 25.3 Å². The molecule has 0 saturated heterocycles. The number of aromatic carboxylic acids is 1. The Kier molecular flexibility index (Phi) is 8.01. The molecule has 0 radical (unpaired) electrons. The van der Waals surface area contributed by atoms with Crippen LogP contribution in [-0.4, -0.2) is 49.7 Å². The van der Waals surface area contributed by atoms with E-state index >= 15 is 0 Å². The van der Waals surface area contributed by atoms with E-state index in [1.54, 1.807) is 12.1 Å². The van der Waals surface area contributed by atoms with Gasteiger partial charge in [0.1, 0.15) is 17.1 Å². The fourth-order valence-electron chi connectivity index (χ4n) is 5.52. The van der Waals surface area contributed by atoms with Crippen molar-refractivity contribution in [3.05, 3.63) is 75.9 Å². The molecule has 4 N–H and O–H groups in total. The number of fused-ring (bicyclic) bond motifs is 2. The molecule has 2 aromatic carbocycles. The molecule has 1 fully saturated rings. The van der Waals surface area contributed by atoms with Gasteiger partial charge in [0.2, 0.25) is 0 Å². The van der Waals surface area contributed by atoms with Gasteiger partial charge >= 0.3 is 11.9 Å². The number of carbonyl (C=O) groups is 3. The summed E-state index contributed by atoms with van der Waals surface area (Å²) >= 11 is 9.22. The zero-order valence-electron chi connectivity index (χ0n) is 21.6. The molecule has 9 nitrogen and oxygen atoms in total. The third kappa shape index (κ3) is 5.91. The number of hydrogen-bond acceptors (Lipinski definition) is 8. The number of aromatic hydroxyl groups is 1. The summed E-state index contributed by atoms with van der Waals surface area (Å²) in [6.45, 7) is 0. The van der Waals surface area contributed by atoms with Crippen LogP contribution in [0.1, 0.15) is 46.4 Å². The van der Waals surface area contributed by atoms with Gasteiger partial charge in [-0.25, -0.2) is 4.79 Å². The predicted octanol–water partition coefficient (Wildman–Crippen LogP) is 4.94. The van der Waals surface area contributed by atoms with Crippen molar-refractivity contribution >= 4 is 54.1 Å². The fraction of sp³-hybridized carbons (Fsp3) is 0.267. The van der Waals surface area contributed by atoms with E-state index in [0.29, 0.717) is 35.8 Å². The van der Waals surface area contributed by atoms with Crippen molar-refractivity contribution in [3.63, 3.8) is 0 Å². The molecule has 212 valence electrons. The van der Waals surface area contributed by atoms with E-state index in [4.69, 9.17) is 4.42 Å². The number of phenolic OH excluding ortho intramolecular Hbond substituents is 1. The van der Waals surface area contributed by atoms with Crippen molar-refractivity contribution in [1.29, 1.82) is 0 Å². The van der Waals surface area contributed by atoms with E-state index < -0.39 is 17.8 Å². The first-order valence-electron chi connectivity index (χ1n) is 13.0. The third-order valence-electron chi connectivity index (χ3n) is 7.52. The molecule has 2 aromatic rings. The first-order chi connectivity index (χ1) is 19.5. The molecule has 1 amide bonds. The van der Waals surface area contributed by atoms with E-state index in [1.165, 1.54) is 42.5 Å². The maximum absolute atomic E-state index is 13.5. The number of hydrogen-bond donors (Lipinski definition) is 6. The average molecular weight is 594 g/mol. The van der Waals surface area contributed by atoms with Gasteiger partial charge in [0.15, 0.2) is 5.43 Å². The van der Waals surface area contributed by atoms with E-state index in [1.807, 2.05) is 0 Å². The SMILES string of the molecule is O=C(O)CC1CCC(NC(=O)c2ccc(C(=O)O)c(-c3c4ccc(=O)cc-4oc4cc(O)ccc34)c2)CC(S)C1S. The summed E-state index contributed by atoms with van der Waals surface area (Å²) in [6.07, 6.45) is 1.58. The van der Waals surface area contributed by atoms with Crippen LogP contribution in [-0.2, 0) is 4.79 Å². The highest BCUT2D eigenvalue weighted by Gasteiger charge is 2.33. The van der Waals surface area contributed by atoms with Crippen LogP contribution in [0.25, 0.3) is 33.4 Å². The number of rotatable bonds is 6. The number of carboxylic acids is 2. The molecule has 0 bridgehead atoms. The van der Waals surface area contributed by atoms with Crippen LogP contribution < -0.4 is 10.7 Å². The van der Waals surface area contributed by atoms with Gasteiger partial charge in [-0.15, -0.1) is 0 Å².